The first kappa shape index (κ1) is 15.1. The van der Waals surface area contributed by atoms with Crippen molar-refractivity contribution in [3.63, 3.8) is 0 Å². The second-order valence-corrected chi connectivity index (χ2v) is 7.55. The van der Waals surface area contributed by atoms with E-state index < -0.39 is 0 Å². The Balaban J connectivity index is 1.55. The van der Waals surface area contributed by atoms with Crippen molar-refractivity contribution in [2.24, 2.45) is 0 Å². The Kier molecular flexibility index (Phi) is 3.89. The topological polar surface area (TPSA) is 49.2 Å². The third-order valence-corrected chi connectivity index (χ3v) is 5.27. The molecule has 4 rings (SSSR count). The normalized spacial score (nSPS) is 16.3. The average Bonchev–Trinajstić information content (AvgIpc) is 3.08. The third kappa shape index (κ3) is 2.90. The molecule has 5 nitrogen and oxygen atoms in total. The van der Waals surface area contributed by atoms with Crippen LogP contribution in [0.5, 0.6) is 11.5 Å². The van der Waals surface area contributed by atoms with E-state index in [-0.39, 0.29) is 6.79 Å². The standard InChI is InChI=1S/C16H18ClN3O2S/c1-9(2)15-18-19-16(20(15)11-3-4-11)23-7-10-5-12(17)14-13(6-10)21-8-22-14/h5-6,9,11H,3-4,7-8H2,1-2H3. The van der Waals surface area contributed by atoms with Crippen LogP contribution in [-0.4, -0.2) is 21.6 Å². The summed E-state index contributed by atoms with van der Waals surface area (Å²) >= 11 is 7.94. The van der Waals surface area contributed by atoms with Gasteiger partial charge in [-0.3, -0.25) is 0 Å². The Morgan fingerprint density at radius 3 is 2.87 bits per heavy atom. The van der Waals surface area contributed by atoms with Crippen LogP contribution in [0.4, 0.5) is 0 Å². The van der Waals surface area contributed by atoms with Gasteiger partial charge in [-0.15, -0.1) is 10.2 Å². The number of ether oxygens (including phenoxy) is 2. The minimum absolute atomic E-state index is 0.236. The van der Waals surface area contributed by atoms with E-state index in [0.717, 1.165) is 28.0 Å². The molecule has 122 valence electrons. The van der Waals surface area contributed by atoms with Crippen LogP contribution in [0.3, 0.4) is 0 Å². The van der Waals surface area contributed by atoms with Gasteiger partial charge >= 0.3 is 0 Å². The molecule has 0 amide bonds. The van der Waals surface area contributed by atoms with Gasteiger partial charge in [-0.05, 0) is 30.5 Å². The molecule has 0 unspecified atom stereocenters. The minimum atomic E-state index is 0.236. The van der Waals surface area contributed by atoms with Crippen molar-refractivity contribution in [3.05, 3.63) is 28.5 Å². The molecule has 0 saturated heterocycles. The molecular formula is C16H18ClN3O2S. The zero-order chi connectivity index (χ0) is 16.0. The van der Waals surface area contributed by atoms with Crippen LogP contribution in [0, 0.1) is 0 Å². The van der Waals surface area contributed by atoms with Crippen molar-refractivity contribution in [1.82, 2.24) is 14.8 Å². The molecule has 2 heterocycles. The lowest BCUT2D eigenvalue weighted by molar-refractivity contribution is 0.174. The highest BCUT2D eigenvalue weighted by molar-refractivity contribution is 7.98. The predicted molar refractivity (Wildman–Crippen MR) is 89.5 cm³/mol. The molecule has 0 atom stereocenters. The number of hydrogen-bond acceptors (Lipinski definition) is 5. The zero-order valence-electron chi connectivity index (χ0n) is 13.1. The first-order valence-electron chi connectivity index (χ1n) is 7.79. The lowest BCUT2D eigenvalue weighted by atomic mass is 10.2. The van der Waals surface area contributed by atoms with Gasteiger partial charge in [-0.25, -0.2) is 0 Å². The molecule has 0 spiro atoms. The van der Waals surface area contributed by atoms with Crippen LogP contribution >= 0.6 is 23.4 Å². The van der Waals surface area contributed by atoms with Crippen LogP contribution in [0.25, 0.3) is 0 Å². The Morgan fingerprint density at radius 1 is 1.30 bits per heavy atom. The van der Waals surface area contributed by atoms with E-state index in [4.69, 9.17) is 21.1 Å². The zero-order valence-corrected chi connectivity index (χ0v) is 14.7. The number of nitrogens with zero attached hydrogens (tertiary/aromatic N) is 3. The van der Waals surface area contributed by atoms with Crippen molar-refractivity contribution >= 4 is 23.4 Å². The van der Waals surface area contributed by atoms with Crippen molar-refractivity contribution in [1.29, 1.82) is 0 Å². The number of rotatable bonds is 5. The highest BCUT2D eigenvalue weighted by Gasteiger charge is 2.30. The van der Waals surface area contributed by atoms with Crippen LogP contribution in [-0.2, 0) is 5.75 Å². The van der Waals surface area contributed by atoms with E-state index >= 15 is 0 Å². The number of fused-ring (bicyclic) bond motifs is 1. The molecule has 2 aromatic rings. The highest BCUT2D eigenvalue weighted by atomic mass is 35.5. The summed E-state index contributed by atoms with van der Waals surface area (Å²) in [6, 6.07) is 4.50. The van der Waals surface area contributed by atoms with E-state index in [1.165, 1.54) is 12.8 Å². The smallest absolute Gasteiger partial charge is 0.231 e. The summed E-state index contributed by atoms with van der Waals surface area (Å²) in [6.45, 7) is 4.56. The van der Waals surface area contributed by atoms with Gasteiger partial charge in [0.25, 0.3) is 0 Å². The minimum Gasteiger partial charge on any atom is -0.454 e. The lowest BCUT2D eigenvalue weighted by Crippen LogP contribution is -2.04. The number of benzene rings is 1. The van der Waals surface area contributed by atoms with Crippen molar-refractivity contribution in [2.75, 3.05) is 6.79 Å². The second-order valence-electron chi connectivity index (χ2n) is 6.20. The van der Waals surface area contributed by atoms with E-state index in [1.807, 2.05) is 12.1 Å². The lowest BCUT2D eigenvalue weighted by Gasteiger charge is -2.11. The number of thioether (sulfide) groups is 1. The molecule has 0 bridgehead atoms. The molecular weight excluding hydrogens is 334 g/mol. The summed E-state index contributed by atoms with van der Waals surface area (Å²) in [5.74, 6) is 3.61. The average molecular weight is 352 g/mol. The fraction of sp³-hybridized carbons (Fsp3) is 0.500. The van der Waals surface area contributed by atoms with Crippen LogP contribution in [0.1, 0.15) is 50.0 Å². The first-order chi connectivity index (χ1) is 11.1. The molecule has 0 radical (unpaired) electrons. The van der Waals surface area contributed by atoms with Crippen molar-refractivity contribution in [3.8, 4) is 11.5 Å². The monoisotopic (exact) mass is 351 g/mol. The molecule has 2 aliphatic rings. The predicted octanol–water partition coefficient (Wildman–Crippen LogP) is 4.41. The summed E-state index contributed by atoms with van der Waals surface area (Å²) in [4.78, 5) is 0. The van der Waals surface area contributed by atoms with Crippen molar-refractivity contribution in [2.45, 2.75) is 49.6 Å². The van der Waals surface area contributed by atoms with Gasteiger partial charge in [-0.1, -0.05) is 37.2 Å². The molecule has 1 fully saturated rings. The fourth-order valence-electron chi connectivity index (χ4n) is 2.71. The van der Waals surface area contributed by atoms with Crippen molar-refractivity contribution < 1.29 is 9.47 Å². The summed E-state index contributed by atoms with van der Waals surface area (Å²) in [5, 5.41) is 10.4. The third-order valence-electron chi connectivity index (χ3n) is 3.97. The van der Waals surface area contributed by atoms with Crippen LogP contribution < -0.4 is 9.47 Å². The van der Waals surface area contributed by atoms with Gasteiger partial charge in [-0.2, -0.15) is 0 Å². The first-order valence-corrected chi connectivity index (χ1v) is 9.15. The quantitative estimate of drug-likeness (QED) is 0.747. The van der Waals surface area contributed by atoms with Gasteiger partial charge in [0, 0.05) is 17.7 Å². The number of halogens is 1. The molecule has 0 N–H and O–H groups in total. The fourth-order valence-corrected chi connectivity index (χ4v) is 3.94. The van der Waals surface area contributed by atoms with Crippen LogP contribution in [0.2, 0.25) is 5.02 Å². The largest absolute Gasteiger partial charge is 0.454 e. The number of hydrogen-bond donors (Lipinski definition) is 0. The van der Waals surface area contributed by atoms with Gasteiger partial charge < -0.3 is 14.0 Å². The maximum Gasteiger partial charge on any atom is 0.231 e. The Hall–Kier alpha value is -1.40. The van der Waals surface area contributed by atoms with Gasteiger partial charge in [0.15, 0.2) is 16.7 Å². The molecule has 1 aliphatic heterocycles. The molecule has 1 aromatic carbocycles. The highest BCUT2D eigenvalue weighted by Crippen LogP contribution is 2.43. The molecule has 7 heteroatoms. The molecule has 1 saturated carbocycles. The van der Waals surface area contributed by atoms with E-state index in [1.54, 1.807) is 11.8 Å². The maximum atomic E-state index is 6.25. The Bertz CT molecular complexity index is 743. The summed E-state index contributed by atoms with van der Waals surface area (Å²) < 4.78 is 13.1. The Morgan fingerprint density at radius 2 is 2.13 bits per heavy atom. The van der Waals surface area contributed by atoms with Gasteiger partial charge in [0.05, 0.1) is 5.02 Å². The SMILES string of the molecule is CC(C)c1nnc(SCc2cc(Cl)c3c(c2)OCO3)n1C1CC1. The van der Waals surface area contributed by atoms with E-state index in [0.29, 0.717) is 22.7 Å². The summed E-state index contributed by atoms with van der Waals surface area (Å²) in [7, 11) is 0. The summed E-state index contributed by atoms with van der Waals surface area (Å²) in [5.41, 5.74) is 1.10. The maximum absolute atomic E-state index is 6.25. The van der Waals surface area contributed by atoms with Crippen LogP contribution in [0.15, 0.2) is 17.3 Å². The number of aromatic nitrogens is 3. The second kappa shape index (κ2) is 5.91. The van der Waals surface area contributed by atoms with E-state index in [9.17, 15) is 0 Å². The van der Waals surface area contributed by atoms with E-state index in [2.05, 4.69) is 28.6 Å². The molecule has 1 aliphatic carbocycles. The van der Waals surface area contributed by atoms with Gasteiger partial charge in [0.2, 0.25) is 6.79 Å². The Labute approximate surface area is 144 Å². The summed E-state index contributed by atoms with van der Waals surface area (Å²) in [6.07, 6.45) is 2.45. The molecule has 23 heavy (non-hydrogen) atoms. The molecule has 1 aromatic heterocycles. The van der Waals surface area contributed by atoms with Gasteiger partial charge in [0.1, 0.15) is 5.82 Å².